The summed E-state index contributed by atoms with van der Waals surface area (Å²) in [7, 11) is 1.61. The molecule has 1 aliphatic heterocycles. The Labute approximate surface area is 191 Å². The molecule has 1 aliphatic rings. The van der Waals surface area contributed by atoms with Crippen molar-refractivity contribution >= 4 is 39.9 Å². The first-order valence-electron chi connectivity index (χ1n) is 10.5. The molecule has 0 atom stereocenters. The minimum Gasteiger partial charge on any atom is -0.494 e. The number of fused-ring (bicyclic) bond motifs is 3. The number of amides is 1. The number of imidazole rings is 1. The number of rotatable bonds is 4. The van der Waals surface area contributed by atoms with Gasteiger partial charge in [0.2, 0.25) is 0 Å². The Morgan fingerprint density at radius 2 is 1.94 bits per heavy atom. The van der Waals surface area contributed by atoms with Crippen molar-refractivity contribution < 1.29 is 9.53 Å². The van der Waals surface area contributed by atoms with Gasteiger partial charge >= 0.3 is 0 Å². The third kappa shape index (κ3) is 3.67. The average molecular weight is 447 g/mol. The van der Waals surface area contributed by atoms with Gasteiger partial charge < -0.3 is 19.5 Å². The molecule has 0 fully saturated rings. The van der Waals surface area contributed by atoms with Crippen LogP contribution in [0.1, 0.15) is 21.7 Å². The molecule has 0 saturated heterocycles. The van der Waals surface area contributed by atoms with E-state index in [1.54, 1.807) is 7.11 Å². The van der Waals surface area contributed by atoms with Gasteiger partial charge in [0.05, 0.1) is 30.4 Å². The number of methoxy groups -OCH3 is 1. The molecule has 1 amide bonds. The average Bonchev–Trinajstić information content (AvgIpc) is 3.16. The van der Waals surface area contributed by atoms with Crippen molar-refractivity contribution in [2.45, 2.75) is 20.0 Å². The summed E-state index contributed by atoms with van der Waals surface area (Å²) in [6, 6.07) is 19.2. The molecule has 6 nitrogen and oxygen atoms in total. The van der Waals surface area contributed by atoms with Crippen molar-refractivity contribution in [3.8, 4) is 5.75 Å². The quantitative estimate of drug-likeness (QED) is 0.463. The zero-order valence-electron chi connectivity index (χ0n) is 17.9. The summed E-state index contributed by atoms with van der Waals surface area (Å²) in [5, 5.41) is 3.67. The minimum absolute atomic E-state index is 0.153. The Morgan fingerprint density at radius 3 is 2.75 bits per heavy atom. The Balaban J connectivity index is 1.39. The van der Waals surface area contributed by atoms with Gasteiger partial charge in [-0.05, 0) is 48.9 Å². The second-order valence-corrected chi connectivity index (χ2v) is 8.32. The summed E-state index contributed by atoms with van der Waals surface area (Å²) < 4.78 is 7.84. The molecule has 32 heavy (non-hydrogen) atoms. The number of aryl methyl sites for hydroxylation is 1. The molecule has 1 N–H and O–H groups in total. The number of aromatic nitrogens is 2. The Hall–Kier alpha value is -3.51. The van der Waals surface area contributed by atoms with E-state index < -0.39 is 0 Å². The first-order valence-corrected chi connectivity index (χ1v) is 10.9. The lowest BCUT2D eigenvalue weighted by Crippen LogP contribution is -2.33. The van der Waals surface area contributed by atoms with Crippen LogP contribution >= 0.6 is 11.6 Å². The highest BCUT2D eigenvalue weighted by atomic mass is 35.5. The highest BCUT2D eigenvalue weighted by molar-refractivity contribution is 6.31. The summed E-state index contributed by atoms with van der Waals surface area (Å²) >= 11 is 6.14. The fourth-order valence-corrected chi connectivity index (χ4v) is 4.38. The molecule has 4 aromatic rings. The van der Waals surface area contributed by atoms with Crippen molar-refractivity contribution in [2.75, 3.05) is 23.9 Å². The largest absolute Gasteiger partial charge is 0.494 e. The van der Waals surface area contributed by atoms with Gasteiger partial charge in [-0.3, -0.25) is 4.79 Å². The van der Waals surface area contributed by atoms with Crippen LogP contribution < -0.4 is 15.0 Å². The maximum Gasteiger partial charge on any atom is 0.256 e. The normalized spacial score (nSPS) is 13.2. The van der Waals surface area contributed by atoms with Crippen LogP contribution in [0.2, 0.25) is 5.02 Å². The van der Waals surface area contributed by atoms with Crippen molar-refractivity contribution in [1.82, 2.24) is 9.55 Å². The highest BCUT2D eigenvalue weighted by Crippen LogP contribution is 2.33. The van der Waals surface area contributed by atoms with Crippen LogP contribution in [0.5, 0.6) is 5.75 Å². The molecule has 3 aromatic carbocycles. The van der Waals surface area contributed by atoms with Crippen molar-refractivity contribution in [3.63, 3.8) is 0 Å². The predicted molar refractivity (Wildman–Crippen MR) is 128 cm³/mol. The fraction of sp³-hybridized carbons (Fsp3) is 0.200. The topological polar surface area (TPSA) is 59.4 Å². The van der Waals surface area contributed by atoms with E-state index in [4.69, 9.17) is 21.3 Å². The van der Waals surface area contributed by atoms with Crippen molar-refractivity contribution in [3.05, 3.63) is 82.6 Å². The molecule has 162 valence electrons. The van der Waals surface area contributed by atoms with E-state index in [-0.39, 0.29) is 5.91 Å². The van der Waals surface area contributed by atoms with Crippen LogP contribution in [0.4, 0.5) is 11.4 Å². The molecule has 0 unspecified atom stereocenters. The second-order valence-electron chi connectivity index (χ2n) is 7.89. The second kappa shape index (κ2) is 8.20. The molecular weight excluding hydrogens is 424 g/mol. The number of hydrogen-bond acceptors (Lipinski definition) is 4. The number of hydrogen-bond donors (Lipinski definition) is 1. The van der Waals surface area contributed by atoms with Gasteiger partial charge in [0, 0.05) is 35.4 Å². The lowest BCUT2D eigenvalue weighted by atomic mass is 10.1. The van der Waals surface area contributed by atoms with Gasteiger partial charge in [-0.15, -0.1) is 0 Å². The van der Waals surface area contributed by atoms with Gasteiger partial charge in [0.25, 0.3) is 5.91 Å². The van der Waals surface area contributed by atoms with E-state index in [2.05, 4.69) is 14.8 Å². The number of halogens is 1. The summed E-state index contributed by atoms with van der Waals surface area (Å²) in [6.07, 6.45) is 0. The van der Waals surface area contributed by atoms with Crippen LogP contribution in [0.25, 0.3) is 11.0 Å². The molecule has 5 rings (SSSR count). The van der Waals surface area contributed by atoms with E-state index in [9.17, 15) is 4.79 Å². The van der Waals surface area contributed by atoms with Crippen molar-refractivity contribution in [1.29, 1.82) is 0 Å². The van der Waals surface area contributed by atoms with Crippen LogP contribution in [0, 0.1) is 6.92 Å². The summed E-state index contributed by atoms with van der Waals surface area (Å²) in [5.74, 6) is 1.47. The molecule has 0 bridgehead atoms. The zero-order valence-corrected chi connectivity index (χ0v) is 18.7. The molecule has 1 aromatic heterocycles. The number of nitrogens with zero attached hydrogens (tertiary/aromatic N) is 3. The van der Waals surface area contributed by atoms with Crippen LogP contribution in [0.15, 0.2) is 60.7 Å². The minimum atomic E-state index is -0.153. The first kappa shape index (κ1) is 20.4. The monoisotopic (exact) mass is 446 g/mol. The molecular formula is C25H23ClN4O2. The third-order valence-corrected chi connectivity index (χ3v) is 6.14. The van der Waals surface area contributed by atoms with Gasteiger partial charge in [-0.1, -0.05) is 29.8 Å². The number of ether oxygens (including phenoxy) is 1. The van der Waals surface area contributed by atoms with E-state index in [0.29, 0.717) is 28.6 Å². The first-order chi connectivity index (χ1) is 15.5. The molecule has 7 heteroatoms. The number of benzene rings is 3. The van der Waals surface area contributed by atoms with Gasteiger partial charge in [0.15, 0.2) is 0 Å². The Morgan fingerprint density at radius 1 is 1.09 bits per heavy atom. The van der Waals surface area contributed by atoms with E-state index in [0.717, 1.165) is 41.2 Å². The third-order valence-electron chi connectivity index (χ3n) is 5.90. The van der Waals surface area contributed by atoms with Gasteiger partial charge in [0.1, 0.15) is 11.6 Å². The zero-order chi connectivity index (χ0) is 22.2. The summed E-state index contributed by atoms with van der Waals surface area (Å²) in [4.78, 5) is 19.8. The lowest BCUT2D eigenvalue weighted by molar-refractivity contribution is 0.102. The lowest BCUT2D eigenvalue weighted by Gasteiger charge is -2.30. The summed E-state index contributed by atoms with van der Waals surface area (Å²) in [5.41, 5.74) is 5.26. The molecule has 0 radical (unpaired) electrons. The number of nitrogens with one attached hydrogen (secondary N) is 1. The summed E-state index contributed by atoms with van der Waals surface area (Å²) in [6.45, 7) is 4.29. The van der Waals surface area contributed by atoms with E-state index in [1.165, 1.54) is 0 Å². The number of anilines is 2. The smallest absolute Gasteiger partial charge is 0.256 e. The SMILES string of the molecule is COc1cc(N2CCn3c(nc4cc(Cl)ccc43)C2)ccc1NC(=O)c1ccccc1C. The standard InChI is InChI=1S/C25H23ClN4O2/c1-16-5-3-4-6-19(16)25(31)28-20-9-8-18(14-23(20)32-2)29-11-12-30-22-10-7-17(26)13-21(22)27-24(30)15-29/h3-10,13-14H,11-12,15H2,1-2H3,(H,28,31). The predicted octanol–water partition coefficient (Wildman–Crippen LogP) is 5.28. The molecule has 0 saturated carbocycles. The fourth-order valence-electron chi connectivity index (χ4n) is 4.21. The highest BCUT2D eigenvalue weighted by Gasteiger charge is 2.22. The van der Waals surface area contributed by atoms with E-state index in [1.807, 2.05) is 67.6 Å². The van der Waals surface area contributed by atoms with Crippen LogP contribution in [-0.4, -0.2) is 29.1 Å². The Bertz CT molecular complexity index is 1330. The number of carbonyl (C=O) groups excluding carboxylic acids is 1. The maximum atomic E-state index is 12.7. The van der Waals surface area contributed by atoms with Crippen LogP contribution in [0.3, 0.4) is 0 Å². The van der Waals surface area contributed by atoms with Gasteiger partial charge in [-0.2, -0.15) is 0 Å². The molecule has 2 heterocycles. The van der Waals surface area contributed by atoms with Crippen LogP contribution in [-0.2, 0) is 13.1 Å². The Kier molecular flexibility index (Phi) is 5.23. The van der Waals surface area contributed by atoms with Crippen molar-refractivity contribution in [2.24, 2.45) is 0 Å². The van der Waals surface area contributed by atoms with E-state index >= 15 is 0 Å². The molecule has 0 spiro atoms. The number of carbonyl (C=O) groups is 1. The maximum absolute atomic E-state index is 12.7. The molecule has 0 aliphatic carbocycles. The van der Waals surface area contributed by atoms with Gasteiger partial charge in [-0.25, -0.2) is 4.98 Å².